The molecule has 0 atom stereocenters. The Morgan fingerprint density at radius 2 is 1.64 bits per heavy atom. The van der Waals surface area contributed by atoms with E-state index in [-0.39, 0.29) is 31.4 Å². The van der Waals surface area contributed by atoms with Crippen molar-refractivity contribution in [3.63, 3.8) is 0 Å². The molecule has 0 fully saturated rings. The van der Waals surface area contributed by atoms with E-state index in [2.05, 4.69) is 45.7 Å². The van der Waals surface area contributed by atoms with Crippen LogP contribution in [0.1, 0.15) is 11.1 Å². The van der Waals surface area contributed by atoms with Gasteiger partial charge >= 0.3 is 0 Å². The Labute approximate surface area is 188 Å². The van der Waals surface area contributed by atoms with Crippen molar-refractivity contribution in [2.24, 2.45) is 0 Å². The predicted molar refractivity (Wildman–Crippen MR) is 124 cm³/mol. The Kier molecular flexibility index (Phi) is 11.2. The second kappa shape index (κ2) is 12.6. The van der Waals surface area contributed by atoms with Crippen molar-refractivity contribution >= 4 is 58.9 Å². The lowest BCUT2D eigenvalue weighted by molar-refractivity contribution is 0.292. The molecule has 0 radical (unpaired) electrons. The van der Waals surface area contributed by atoms with Crippen LogP contribution in [0.2, 0.25) is 10.0 Å². The topological polar surface area (TPSA) is 49.2 Å². The Morgan fingerprint density at radius 3 is 2.39 bits per heavy atom. The minimum Gasteiger partial charge on any atom is -0.395 e. The zero-order valence-corrected chi connectivity index (χ0v) is 18.5. The number of rotatable bonds is 9. The van der Waals surface area contributed by atoms with E-state index in [0.29, 0.717) is 23.1 Å². The minimum atomic E-state index is 0. The average Bonchev–Trinajstić information content (AvgIpc) is 2.98. The van der Waals surface area contributed by atoms with Crippen molar-refractivity contribution in [2.45, 2.75) is 13.1 Å². The van der Waals surface area contributed by atoms with Gasteiger partial charge in [-0.1, -0.05) is 47.5 Å². The Bertz CT molecular complexity index is 870. The van der Waals surface area contributed by atoms with Crippen molar-refractivity contribution < 1.29 is 5.11 Å². The van der Waals surface area contributed by atoms with Gasteiger partial charge in [0.2, 0.25) is 0 Å². The number of aliphatic hydroxyl groups is 1. The highest BCUT2D eigenvalue weighted by Crippen LogP contribution is 2.26. The van der Waals surface area contributed by atoms with E-state index in [4.69, 9.17) is 28.3 Å². The highest BCUT2D eigenvalue weighted by Gasteiger charge is 2.10. The molecule has 0 aliphatic carbocycles. The summed E-state index contributed by atoms with van der Waals surface area (Å²) in [6.45, 7) is 3.98. The zero-order valence-electron chi connectivity index (χ0n) is 15.3. The molecule has 0 spiro atoms. The SMILES string of the molecule is Cl.Cl.OCCNCCNCc1cn(Cc2ccc(Cl)cc2Cl)c2ccccc12. The third-order valence-corrected chi connectivity index (χ3v) is 4.90. The van der Waals surface area contributed by atoms with Gasteiger partial charge < -0.3 is 20.3 Å². The first-order valence-corrected chi connectivity index (χ1v) is 9.47. The van der Waals surface area contributed by atoms with Gasteiger partial charge in [-0.05, 0) is 29.3 Å². The van der Waals surface area contributed by atoms with Gasteiger partial charge in [0.05, 0.1) is 6.61 Å². The average molecular weight is 465 g/mol. The first-order chi connectivity index (χ1) is 12.7. The van der Waals surface area contributed by atoms with E-state index >= 15 is 0 Å². The Morgan fingerprint density at radius 1 is 0.893 bits per heavy atom. The van der Waals surface area contributed by atoms with Crippen LogP contribution in [0.25, 0.3) is 10.9 Å². The molecule has 0 saturated carbocycles. The van der Waals surface area contributed by atoms with E-state index in [9.17, 15) is 0 Å². The summed E-state index contributed by atoms with van der Waals surface area (Å²) in [7, 11) is 0. The van der Waals surface area contributed by atoms with Gasteiger partial charge in [0.1, 0.15) is 0 Å². The molecule has 0 bridgehead atoms. The molecule has 1 aromatic heterocycles. The van der Waals surface area contributed by atoms with Crippen LogP contribution in [0.5, 0.6) is 0 Å². The van der Waals surface area contributed by atoms with Crippen molar-refractivity contribution in [1.29, 1.82) is 0 Å². The number of nitrogens with zero attached hydrogens (tertiary/aromatic N) is 1. The largest absolute Gasteiger partial charge is 0.395 e. The lowest BCUT2D eigenvalue weighted by atomic mass is 10.2. The van der Waals surface area contributed by atoms with E-state index in [0.717, 1.165) is 25.2 Å². The maximum atomic E-state index is 8.78. The maximum absolute atomic E-state index is 8.78. The van der Waals surface area contributed by atoms with Crippen LogP contribution in [0.15, 0.2) is 48.7 Å². The third kappa shape index (κ3) is 6.53. The molecule has 0 aliphatic heterocycles. The molecule has 3 N–H and O–H groups in total. The number of fused-ring (bicyclic) bond motifs is 1. The van der Waals surface area contributed by atoms with Crippen molar-refractivity contribution in [2.75, 3.05) is 26.2 Å². The maximum Gasteiger partial charge on any atom is 0.0555 e. The molecule has 154 valence electrons. The monoisotopic (exact) mass is 463 g/mol. The second-order valence-electron chi connectivity index (χ2n) is 6.19. The molecule has 2 aromatic carbocycles. The molecule has 3 rings (SSSR count). The van der Waals surface area contributed by atoms with Crippen molar-refractivity contribution in [3.8, 4) is 0 Å². The molecule has 3 aromatic rings. The lowest BCUT2D eigenvalue weighted by Gasteiger charge is -2.08. The number of benzene rings is 2. The summed E-state index contributed by atoms with van der Waals surface area (Å²) in [4.78, 5) is 0. The van der Waals surface area contributed by atoms with Gasteiger partial charge in [-0.25, -0.2) is 0 Å². The van der Waals surface area contributed by atoms with Crippen LogP contribution < -0.4 is 10.6 Å². The number of halogens is 4. The number of aromatic nitrogens is 1. The van der Waals surface area contributed by atoms with Crippen molar-refractivity contribution in [3.05, 3.63) is 69.8 Å². The van der Waals surface area contributed by atoms with E-state index in [1.165, 1.54) is 16.5 Å². The van der Waals surface area contributed by atoms with Gasteiger partial charge in [0.25, 0.3) is 0 Å². The molecule has 0 aliphatic rings. The molecule has 8 heteroatoms. The third-order valence-electron chi connectivity index (χ3n) is 4.31. The fourth-order valence-electron chi connectivity index (χ4n) is 3.03. The number of hydrogen-bond donors (Lipinski definition) is 3. The van der Waals surface area contributed by atoms with E-state index in [1.54, 1.807) is 6.07 Å². The molecule has 28 heavy (non-hydrogen) atoms. The summed E-state index contributed by atoms with van der Waals surface area (Å²) in [5.74, 6) is 0. The van der Waals surface area contributed by atoms with Gasteiger partial charge in [-0.15, -0.1) is 24.8 Å². The number of nitrogens with one attached hydrogen (secondary N) is 2. The van der Waals surface area contributed by atoms with Crippen LogP contribution in [-0.2, 0) is 13.1 Å². The van der Waals surface area contributed by atoms with E-state index < -0.39 is 0 Å². The molecule has 0 unspecified atom stereocenters. The highest BCUT2D eigenvalue weighted by molar-refractivity contribution is 6.35. The minimum absolute atomic E-state index is 0. The van der Waals surface area contributed by atoms with Crippen LogP contribution in [0, 0.1) is 0 Å². The van der Waals surface area contributed by atoms with Crippen LogP contribution >= 0.6 is 48.0 Å². The molecular weight excluding hydrogens is 440 g/mol. The predicted octanol–water partition coefficient (Wildman–Crippen LogP) is 4.51. The highest BCUT2D eigenvalue weighted by atomic mass is 35.5. The van der Waals surface area contributed by atoms with Gasteiger partial charge in [0, 0.05) is 59.9 Å². The molecule has 4 nitrogen and oxygen atoms in total. The van der Waals surface area contributed by atoms with E-state index in [1.807, 2.05) is 12.1 Å². The second-order valence-corrected chi connectivity index (χ2v) is 7.03. The first-order valence-electron chi connectivity index (χ1n) is 8.72. The van der Waals surface area contributed by atoms with Crippen LogP contribution in [0.4, 0.5) is 0 Å². The fraction of sp³-hybridized carbons (Fsp3) is 0.300. The lowest BCUT2D eigenvalue weighted by Crippen LogP contribution is -2.28. The Balaban J connectivity index is 0.00000196. The summed E-state index contributed by atoms with van der Waals surface area (Å²) >= 11 is 12.3. The van der Waals surface area contributed by atoms with Crippen molar-refractivity contribution in [1.82, 2.24) is 15.2 Å². The van der Waals surface area contributed by atoms with Gasteiger partial charge in [0.15, 0.2) is 0 Å². The standard InChI is InChI=1S/C20H23Cl2N3O.2ClH/c21-17-6-5-15(19(22)11-17)13-25-14-16(12-24-8-7-23-9-10-26)18-3-1-2-4-20(18)25;;/h1-6,11,14,23-24,26H,7-10,12-13H2;2*1H. The fourth-order valence-corrected chi connectivity index (χ4v) is 3.50. The zero-order chi connectivity index (χ0) is 18.4. The number of para-hydroxylation sites is 1. The first kappa shape index (κ1) is 25.1. The molecule has 0 amide bonds. The summed E-state index contributed by atoms with van der Waals surface area (Å²) in [6.07, 6.45) is 2.18. The summed E-state index contributed by atoms with van der Waals surface area (Å²) in [5, 5.41) is 18.0. The number of aliphatic hydroxyl groups excluding tert-OH is 1. The molecule has 1 heterocycles. The van der Waals surface area contributed by atoms with Crippen LogP contribution in [0.3, 0.4) is 0 Å². The van der Waals surface area contributed by atoms with Gasteiger partial charge in [-0.3, -0.25) is 0 Å². The summed E-state index contributed by atoms with van der Waals surface area (Å²) in [5.41, 5.74) is 3.49. The normalized spacial score (nSPS) is 10.5. The smallest absolute Gasteiger partial charge is 0.0555 e. The summed E-state index contributed by atoms with van der Waals surface area (Å²) < 4.78 is 2.23. The van der Waals surface area contributed by atoms with Gasteiger partial charge in [-0.2, -0.15) is 0 Å². The van der Waals surface area contributed by atoms with Crippen LogP contribution in [-0.4, -0.2) is 35.9 Å². The quantitative estimate of drug-likeness (QED) is 0.408. The summed E-state index contributed by atoms with van der Waals surface area (Å²) in [6, 6.07) is 14.0. The molecule has 0 saturated heterocycles. The number of hydrogen-bond acceptors (Lipinski definition) is 3. The molecular formula is C20H25Cl4N3O. The Hall–Kier alpha value is -0.980.